The van der Waals surface area contributed by atoms with Gasteiger partial charge in [-0.25, -0.2) is 0 Å². The Morgan fingerprint density at radius 1 is 1.33 bits per heavy atom. The van der Waals surface area contributed by atoms with Gasteiger partial charge >= 0.3 is 5.97 Å². The fourth-order valence-corrected chi connectivity index (χ4v) is 2.97. The van der Waals surface area contributed by atoms with Crippen LogP contribution in [0.4, 0.5) is 0 Å². The molecular weight excluding hydrogens is 194 g/mol. The highest BCUT2D eigenvalue weighted by Crippen LogP contribution is 2.37. The average Bonchev–Trinajstić information content (AvgIpc) is 2.69. The molecule has 1 saturated heterocycles. The van der Waals surface area contributed by atoms with Crippen molar-refractivity contribution in [1.29, 1.82) is 0 Å². The van der Waals surface area contributed by atoms with E-state index in [1.807, 2.05) is 0 Å². The van der Waals surface area contributed by atoms with Crippen LogP contribution in [-0.2, 0) is 4.79 Å². The Bertz CT molecular complexity index is 244. The highest BCUT2D eigenvalue weighted by molar-refractivity contribution is 5.66. The maximum absolute atomic E-state index is 10.4. The zero-order chi connectivity index (χ0) is 10.8. The van der Waals surface area contributed by atoms with Gasteiger partial charge in [0.05, 0.1) is 6.10 Å². The summed E-state index contributed by atoms with van der Waals surface area (Å²) in [4.78, 5) is 12.7. The minimum atomic E-state index is -0.713. The third-order valence-corrected chi connectivity index (χ3v) is 3.76. The predicted octanol–water partition coefficient (Wildman–Crippen LogP) is 0.554. The van der Waals surface area contributed by atoms with Crippen molar-refractivity contribution in [3.63, 3.8) is 0 Å². The number of fused-ring (bicyclic) bond motifs is 1. The molecular formula is C11H19NO3. The van der Waals surface area contributed by atoms with Crippen LogP contribution >= 0.6 is 0 Å². The van der Waals surface area contributed by atoms with E-state index in [-0.39, 0.29) is 12.5 Å². The van der Waals surface area contributed by atoms with E-state index in [0.717, 1.165) is 38.9 Å². The number of carboxylic acids is 1. The van der Waals surface area contributed by atoms with Gasteiger partial charge in [-0.15, -0.1) is 0 Å². The summed E-state index contributed by atoms with van der Waals surface area (Å²) in [6.45, 7) is 2.89. The summed E-state index contributed by atoms with van der Waals surface area (Å²) in [6, 6.07) is 0. The van der Waals surface area contributed by atoms with Gasteiger partial charge in [-0.05, 0) is 31.7 Å². The minimum absolute atomic E-state index is 0.112. The van der Waals surface area contributed by atoms with Crippen molar-refractivity contribution >= 4 is 5.97 Å². The van der Waals surface area contributed by atoms with Crippen molar-refractivity contribution in [3.05, 3.63) is 0 Å². The molecule has 0 spiro atoms. The van der Waals surface area contributed by atoms with Crippen molar-refractivity contribution in [1.82, 2.24) is 4.90 Å². The average molecular weight is 213 g/mol. The van der Waals surface area contributed by atoms with Crippen molar-refractivity contribution in [2.45, 2.75) is 31.8 Å². The Morgan fingerprint density at radius 2 is 2.13 bits per heavy atom. The molecule has 3 unspecified atom stereocenters. The summed E-state index contributed by atoms with van der Waals surface area (Å²) in [6.07, 6.45) is 2.97. The summed E-state index contributed by atoms with van der Waals surface area (Å²) >= 11 is 0. The molecule has 1 saturated carbocycles. The first-order chi connectivity index (χ1) is 7.16. The SMILES string of the molecule is O=C(O)CCCN1CC2CCC(O)C2C1. The van der Waals surface area contributed by atoms with Crippen LogP contribution < -0.4 is 0 Å². The zero-order valence-corrected chi connectivity index (χ0v) is 8.93. The molecule has 2 rings (SSSR count). The molecule has 0 aromatic carbocycles. The third kappa shape index (κ3) is 2.49. The lowest BCUT2D eigenvalue weighted by Gasteiger charge is -2.17. The fourth-order valence-electron chi connectivity index (χ4n) is 2.97. The second-order valence-electron chi connectivity index (χ2n) is 4.83. The Balaban J connectivity index is 1.72. The second-order valence-corrected chi connectivity index (χ2v) is 4.83. The van der Waals surface area contributed by atoms with Gasteiger partial charge in [0.15, 0.2) is 0 Å². The van der Waals surface area contributed by atoms with Crippen molar-refractivity contribution in [2.75, 3.05) is 19.6 Å². The number of carbonyl (C=O) groups is 1. The van der Waals surface area contributed by atoms with E-state index in [2.05, 4.69) is 4.90 Å². The van der Waals surface area contributed by atoms with Gasteiger partial charge in [0.25, 0.3) is 0 Å². The number of rotatable bonds is 4. The molecule has 4 nitrogen and oxygen atoms in total. The summed E-state index contributed by atoms with van der Waals surface area (Å²) < 4.78 is 0. The van der Waals surface area contributed by atoms with Gasteiger partial charge < -0.3 is 15.1 Å². The minimum Gasteiger partial charge on any atom is -0.481 e. The van der Waals surface area contributed by atoms with Gasteiger partial charge in [0.1, 0.15) is 0 Å². The van der Waals surface area contributed by atoms with Crippen LogP contribution in [0.25, 0.3) is 0 Å². The van der Waals surface area contributed by atoms with Crippen LogP contribution in [-0.4, -0.2) is 46.8 Å². The molecule has 15 heavy (non-hydrogen) atoms. The number of aliphatic hydroxyl groups excluding tert-OH is 1. The molecule has 86 valence electrons. The lowest BCUT2D eigenvalue weighted by Crippen LogP contribution is -2.26. The number of likely N-dealkylation sites (tertiary alicyclic amines) is 1. The number of hydrogen-bond donors (Lipinski definition) is 2. The molecule has 0 bridgehead atoms. The van der Waals surface area contributed by atoms with Gasteiger partial charge in [-0.2, -0.15) is 0 Å². The van der Waals surface area contributed by atoms with E-state index in [0.29, 0.717) is 11.8 Å². The van der Waals surface area contributed by atoms with Gasteiger partial charge in [-0.3, -0.25) is 4.79 Å². The highest BCUT2D eigenvalue weighted by atomic mass is 16.4. The Kier molecular flexibility index (Phi) is 3.26. The normalized spacial score (nSPS) is 35.7. The van der Waals surface area contributed by atoms with E-state index >= 15 is 0 Å². The maximum atomic E-state index is 10.4. The van der Waals surface area contributed by atoms with E-state index in [4.69, 9.17) is 5.11 Å². The summed E-state index contributed by atoms with van der Waals surface area (Å²) in [7, 11) is 0. The Labute approximate surface area is 89.9 Å². The molecule has 2 aliphatic rings. The third-order valence-electron chi connectivity index (χ3n) is 3.76. The first-order valence-electron chi connectivity index (χ1n) is 5.79. The quantitative estimate of drug-likeness (QED) is 0.716. The van der Waals surface area contributed by atoms with Gasteiger partial charge in [0, 0.05) is 25.4 Å². The standard InChI is InChI=1S/C11H19NO3/c13-10-4-3-8-6-12(7-9(8)10)5-1-2-11(14)15/h8-10,13H,1-7H2,(H,14,15). The summed E-state index contributed by atoms with van der Waals surface area (Å²) in [5.74, 6) is 0.397. The monoisotopic (exact) mass is 213 g/mol. The first-order valence-corrected chi connectivity index (χ1v) is 5.79. The van der Waals surface area contributed by atoms with Crippen LogP contribution in [0.15, 0.2) is 0 Å². The zero-order valence-electron chi connectivity index (χ0n) is 8.93. The molecule has 1 aliphatic carbocycles. The molecule has 0 aromatic rings. The molecule has 1 heterocycles. The molecule has 0 aromatic heterocycles. The molecule has 0 radical (unpaired) electrons. The first kappa shape index (κ1) is 10.9. The second kappa shape index (κ2) is 4.49. The molecule has 1 aliphatic heterocycles. The molecule has 4 heteroatoms. The fraction of sp³-hybridized carbons (Fsp3) is 0.909. The Hall–Kier alpha value is -0.610. The van der Waals surface area contributed by atoms with Crippen LogP contribution in [0.1, 0.15) is 25.7 Å². The van der Waals surface area contributed by atoms with Gasteiger partial charge in [0.2, 0.25) is 0 Å². The van der Waals surface area contributed by atoms with Crippen molar-refractivity contribution in [3.8, 4) is 0 Å². The highest BCUT2D eigenvalue weighted by Gasteiger charge is 2.41. The number of carboxylic acid groups (broad SMARTS) is 1. The van der Waals surface area contributed by atoms with Crippen LogP contribution in [0.3, 0.4) is 0 Å². The van der Waals surface area contributed by atoms with Crippen LogP contribution in [0.2, 0.25) is 0 Å². The number of aliphatic hydroxyl groups is 1. The molecule has 2 N–H and O–H groups in total. The smallest absolute Gasteiger partial charge is 0.303 e. The van der Waals surface area contributed by atoms with Crippen molar-refractivity contribution in [2.24, 2.45) is 11.8 Å². The largest absolute Gasteiger partial charge is 0.481 e. The van der Waals surface area contributed by atoms with Crippen LogP contribution in [0.5, 0.6) is 0 Å². The topological polar surface area (TPSA) is 60.8 Å². The van der Waals surface area contributed by atoms with Gasteiger partial charge in [-0.1, -0.05) is 0 Å². The van der Waals surface area contributed by atoms with E-state index in [1.54, 1.807) is 0 Å². The number of nitrogens with zero attached hydrogens (tertiary/aromatic N) is 1. The van der Waals surface area contributed by atoms with E-state index in [1.165, 1.54) is 0 Å². The molecule has 0 amide bonds. The van der Waals surface area contributed by atoms with Crippen LogP contribution in [0, 0.1) is 11.8 Å². The lowest BCUT2D eigenvalue weighted by molar-refractivity contribution is -0.137. The predicted molar refractivity (Wildman–Crippen MR) is 55.5 cm³/mol. The summed E-state index contributed by atoms with van der Waals surface area (Å²) in [5.41, 5.74) is 0. The lowest BCUT2D eigenvalue weighted by atomic mass is 10.00. The number of hydrogen-bond acceptors (Lipinski definition) is 3. The van der Waals surface area contributed by atoms with E-state index < -0.39 is 5.97 Å². The summed E-state index contributed by atoms with van der Waals surface area (Å²) in [5, 5.41) is 18.2. The molecule has 3 atom stereocenters. The Morgan fingerprint density at radius 3 is 2.80 bits per heavy atom. The number of aliphatic carboxylic acids is 1. The maximum Gasteiger partial charge on any atom is 0.303 e. The van der Waals surface area contributed by atoms with E-state index in [9.17, 15) is 9.90 Å². The molecule has 2 fully saturated rings. The van der Waals surface area contributed by atoms with Crippen molar-refractivity contribution < 1.29 is 15.0 Å².